The number of sulfonamides is 1. The quantitative estimate of drug-likeness (QED) is 0.495. The zero-order valence-electron chi connectivity index (χ0n) is 18.1. The van der Waals surface area contributed by atoms with Crippen LogP contribution in [-0.2, 0) is 14.8 Å². The number of amides is 1. The van der Waals surface area contributed by atoms with Crippen LogP contribution in [0.1, 0.15) is 30.9 Å². The van der Waals surface area contributed by atoms with Gasteiger partial charge in [-0.05, 0) is 78.6 Å². The van der Waals surface area contributed by atoms with Crippen molar-refractivity contribution in [1.82, 2.24) is 0 Å². The normalized spacial score (nSPS) is 11.3. The Morgan fingerprint density at radius 1 is 0.969 bits per heavy atom. The van der Waals surface area contributed by atoms with E-state index in [1.54, 1.807) is 0 Å². The predicted molar refractivity (Wildman–Crippen MR) is 123 cm³/mol. The van der Waals surface area contributed by atoms with Crippen molar-refractivity contribution in [2.24, 2.45) is 0 Å². The average molecular weight is 457 g/mol. The summed E-state index contributed by atoms with van der Waals surface area (Å²) in [6.07, 6.45) is 0. The van der Waals surface area contributed by atoms with E-state index in [9.17, 15) is 17.6 Å². The van der Waals surface area contributed by atoms with E-state index in [-0.39, 0.29) is 29.0 Å². The van der Waals surface area contributed by atoms with E-state index >= 15 is 0 Å². The van der Waals surface area contributed by atoms with Crippen LogP contribution >= 0.6 is 0 Å². The second-order valence-electron chi connectivity index (χ2n) is 7.67. The van der Waals surface area contributed by atoms with E-state index in [0.29, 0.717) is 11.4 Å². The number of aryl methyl sites for hydroxylation is 1. The average Bonchev–Trinajstić information content (AvgIpc) is 2.74. The highest BCUT2D eigenvalue weighted by atomic mass is 32.2. The van der Waals surface area contributed by atoms with Crippen LogP contribution in [-0.4, -0.2) is 20.9 Å². The Balaban J connectivity index is 1.61. The van der Waals surface area contributed by atoms with E-state index in [0.717, 1.165) is 11.1 Å². The van der Waals surface area contributed by atoms with Crippen LogP contribution in [0.3, 0.4) is 0 Å². The molecular weight excluding hydrogens is 431 g/mol. The van der Waals surface area contributed by atoms with Gasteiger partial charge in [0.1, 0.15) is 11.6 Å². The van der Waals surface area contributed by atoms with Gasteiger partial charge in [-0.25, -0.2) is 12.8 Å². The van der Waals surface area contributed by atoms with Crippen LogP contribution in [0, 0.1) is 12.7 Å². The molecule has 3 aromatic carbocycles. The van der Waals surface area contributed by atoms with Gasteiger partial charge in [0.15, 0.2) is 6.61 Å². The third kappa shape index (κ3) is 6.07. The molecule has 0 saturated heterocycles. The zero-order valence-corrected chi connectivity index (χ0v) is 18.9. The van der Waals surface area contributed by atoms with Gasteiger partial charge in [0, 0.05) is 11.4 Å². The maximum absolute atomic E-state index is 13.0. The molecule has 0 atom stereocenters. The van der Waals surface area contributed by atoms with Crippen molar-refractivity contribution in [3.05, 3.63) is 83.7 Å². The SMILES string of the molecule is Cc1ccc(C(C)C)c(OCC(=O)Nc2ccc(S(=O)(=O)Nc3ccc(F)cc3)cc2)c1. The summed E-state index contributed by atoms with van der Waals surface area (Å²) in [7, 11) is -3.84. The van der Waals surface area contributed by atoms with E-state index in [1.165, 1.54) is 48.5 Å². The number of carbonyl (C=O) groups is 1. The molecule has 0 bridgehead atoms. The lowest BCUT2D eigenvalue weighted by Crippen LogP contribution is -2.20. The van der Waals surface area contributed by atoms with E-state index < -0.39 is 15.8 Å². The molecule has 0 unspecified atom stereocenters. The molecule has 0 aromatic heterocycles. The van der Waals surface area contributed by atoms with Crippen LogP contribution in [0.25, 0.3) is 0 Å². The molecule has 168 valence electrons. The molecule has 0 aliphatic carbocycles. The highest BCUT2D eigenvalue weighted by Gasteiger charge is 2.15. The molecule has 3 rings (SSSR count). The van der Waals surface area contributed by atoms with E-state index in [1.807, 2.05) is 25.1 Å². The van der Waals surface area contributed by atoms with Gasteiger partial charge in [-0.2, -0.15) is 0 Å². The maximum Gasteiger partial charge on any atom is 0.262 e. The van der Waals surface area contributed by atoms with Crippen LogP contribution < -0.4 is 14.8 Å². The van der Waals surface area contributed by atoms with Crippen LogP contribution in [0.15, 0.2) is 71.6 Å². The van der Waals surface area contributed by atoms with Crippen LogP contribution in [0.5, 0.6) is 5.75 Å². The number of nitrogens with one attached hydrogen (secondary N) is 2. The lowest BCUT2D eigenvalue weighted by molar-refractivity contribution is -0.118. The molecule has 0 radical (unpaired) electrons. The first-order valence-corrected chi connectivity index (χ1v) is 11.5. The fourth-order valence-electron chi connectivity index (χ4n) is 3.03. The standard InChI is InChI=1S/C24H25FN2O4S/c1-16(2)22-13-4-17(3)14-23(22)31-15-24(28)26-19-9-11-21(12-10-19)32(29,30)27-20-7-5-18(25)6-8-20/h4-14,16,27H,15H2,1-3H3,(H,26,28). The molecule has 0 aliphatic rings. The van der Waals surface area contributed by atoms with Crippen molar-refractivity contribution in [3.8, 4) is 5.75 Å². The van der Waals surface area contributed by atoms with Gasteiger partial charge in [0.2, 0.25) is 0 Å². The van der Waals surface area contributed by atoms with Gasteiger partial charge in [-0.1, -0.05) is 26.0 Å². The van der Waals surface area contributed by atoms with Crippen molar-refractivity contribution < 1.29 is 22.3 Å². The Morgan fingerprint density at radius 2 is 1.59 bits per heavy atom. The number of ether oxygens (including phenoxy) is 1. The number of hydrogen-bond donors (Lipinski definition) is 2. The van der Waals surface area contributed by atoms with Crippen molar-refractivity contribution in [2.45, 2.75) is 31.6 Å². The first-order chi connectivity index (χ1) is 15.1. The molecule has 6 nitrogen and oxygen atoms in total. The highest BCUT2D eigenvalue weighted by Crippen LogP contribution is 2.27. The molecule has 0 spiro atoms. The summed E-state index contributed by atoms with van der Waals surface area (Å²) in [5, 5.41) is 2.69. The van der Waals surface area contributed by atoms with Crippen molar-refractivity contribution in [3.63, 3.8) is 0 Å². The van der Waals surface area contributed by atoms with Crippen molar-refractivity contribution >= 4 is 27.3 Å². The summed E-state index contributed by atoms with van der Waals surface area (Å²) in [6.45, 7) is 5.89. The Hall–Kier alpha value is -3.39. The van der Waals surface area contributed by atoms with Crippen molar-refractivity contribution in [2.75, 3.05) is 16.6 Å². The summed E-state index contributed by atoms with van der Waals surface area (Å²) < 4.78 is 46.1. The first-order valence-electron chi connectivity index (χ1n) is 10.1. The number of hydrogen-bond acceptors (Lipinski definition) is 4. The Bertz CT molecular complexity index is 1190. The van der Waals surface area contributed by atoms with Gasteiger partial charge >= 0.3 is 0 Å². The Labute approximate surface area is 187 Å². The third-order valence-electron chi connectivity index (χ3n) is 4.69. The van der Waals surface area contributed by atoms with Crippen LogP contribution in [0.2, 0.25) is 0 Å². The lowest BCUT2D eigenvalue weighted by Gasteiger charge is -2.15. The minimum atomic E-state index is -3.84. The first kappa shape index (κ1) is 23.3. The minimum absolute atomic E-state index is 0.0115. The molecule has 0 saturated carbocycles. The van der Waals surface area contributed by atoms with Gasteiger partial charge in [0.25, 0.3) is 15.9 Å². The third-order valence-corrected chi connectivity index (χ3v) is 6.09. The number of halogens is 1. The molecule has 3 aromatic rings. The van der Waals surface area contributed by atoms with E-state index in [2.05, 4.69) is 23.9 Å². The summed E-state index contributed by atoms with van der Waals surface area (Å²) >= 11 is 0. The predicted octanol–water partition coefficient (Wildman–Crippen LogP) is 5.08. The van der Waals surface area contributed by atoms with Gasteiger partial charge < -0.3 is 10.1 Å². The number of anilines is 2. The fourth-order valence-corrected chi connectivity index (χ4v) is 4.09. The monoisotopic (exact) mass is 456 g/mol. The van der Waals surface area contributed by atoms with Gasteiger partial charge in [0.05, 0.1) is 4.90 Å². The Kier molecular flexibility index (Phi) is 7.15. The van der Waals surface area contributed by atoms with Crippen LogP contribution in [0.4, 0.5) is 15.8 Å². The second-order valence-corrected chi connectivity index (χ2v) is 9.35. The van der Waals surface area contributed by atoms with E-state index in [4.69, 9.17) is 4.74 Å². The summed E-state index contributed by atoms with van der Waals surface area (Å²) in [5.41, 5.74) is 2.74. The summed E-state index contributed by atoms with van der Waals surface area (Å²) in [4.78, 5) is 12.3. The number of rotatable bonds is 8. The second kappa shape index (κ2) is 9.82. The van der Waals surface area contributed by atoms with Gasteiger partial charge in [-0.15, -0.1) is 0 Å². The maximum atomic E-state index is 13.0. The summed E-state index contributed by atoms with van der Waals surface area (Å²) in [6, 6.07) is 16.6. The molecule has 8 heteroatoms. The molecule has 0 fully saturated rings. The number of benzene rings is 3. The largest absolute Gasteiger partial charge is 0.483 e. The molecular formula is C24H25FN2O4S. The lowest BCUT2D eigenvalue weighted by atomic mass is 10.0. The molecule has 32 heavy (non-hydrogen) atoms. The minimum Gasteiger partial charge on any atom is -0.483 e. The highest BCUT2D eigenvalue weighted by molar-refractivity contribution is 7.92. The molecule has 0 heterocycles. The Morgan fingerprint density at radius 3 is 2.22 bits per heavy atom. The molecule has 2 N–H and O–H groups in total. The van der Waals surface area contributed by atoms with Crippen molar-refractivity contribution in [1.29, 1.82) is 0 Å². The fraction of sp³-hybridized carbons (Fsp3) is 0.208. The smallest absolute Gasteiger partial charge is 0.262 e. The zero-order chi connectivity index (χ0) is 23.3. The molecule has 0 aliphatic heterocycles. The molecule has 1 amide bonds. The van der Waals surface area contributed by atoms with Gasteiger partial charge in [-0.3, -0.25) is 9.52 Å². The topological polar surface area (TPSA) is 84.5 Å². The number of carbonyl (C=O) groups excluding carboxylic acids is 1. The summed E-state index contributed by atoms with van der Waals surface area (Å²) in [5.74, 6) is 0.108.